The fourth-order valence-electron chi connectivity index (χ4n) is 2.04. The molecule has 0 spiro atoms. The molecule has 1 N–H and O–H groups in total. The van der Waals surface area contributed by atoms with Crippen molar-refractivity contribution in [3.8, 4) is 5.75 Å². The molecule has 106 valence electrons. The average Bonchev–Trinajstić information content (AvgIpc) is 2.88. The van der Waals surface area contributed by atoms with Gasteiger partial charge in [-0.25, -0.2) is 0 Å². The minimum Gasteiger partial charge on any atom is -0.497 e. The second kappa shape index (κ2) is 6.57. The van der Waals surface area contributed by atoms with Crippen LogP contribution < -0.4 is 10.1 Å². The van der Waals surface area contributed by atoms with Crippen LogP contribution in [0.3, 0.4) is 0 Å². The minimum atomic E-state index is 0.118. The van der Waals surface area contributed by atoms with Crippen molar-refractivity contribution in [1.29, 1.82) is 0 Å². The van der Waals surface area contributed by atoms with E-state index < -0.39 is 0 Å². The lowest BCUT2D eigenvalue weighted by Gasteiger charge is -2.09. The number of rotatable bonds is 6. The number of Topliss-reactive ketones (excluding diaryl/α,β-unsaturated/α-hetero) is 1. The van der Waals surface area contributed by atoms with E-state index in [4.69, 9.17) is 4.74 Å². The molecule has 0 atom stereocenters. The maximum absolute atomic E-state index is 11.6. The summed E-state index contributed by atoms with van der Waals surface area (Å²) < 4.78 is 5.14. The molecular formula is C16H19NO2S. The summed E-state index contributed by atoms with van der Waals surface area (Å²) in [6.07, 6.45) is 0.925. The summed E-state index contributed by atoms with van der Waals surface area (Å²) in [7, 11) is 1.66. The maximum atomic E-state index is 11.6. The van der Waals surface area contributed by atoms with E-state index >= 15 is 0 Å². The van der Waals surface area contributed by atoms with Crippen LogP contribution in [0.25, 0.3) is 0 Å². The van der Waals surface area contributed by atoms with Crippen LogP contribution in [0, 0.1) is 0 Å². The van der Waals surface area contributed by atoms with Crippen LogP contribution >= 0.6 is 11.3 Å². The summed E-state index contributed by atoms with van der Waals surface area (Å²) in [6.45, 7) is 4.42. The first-order chi connectivity index (χ1) is 9.65. The third kappa shape index (κ3) is 3.20. The van der Waals surface area contributed by atoms with E-state index in [1.807, 2.05) is 24.3 Å². The average molecular weight is 289 g/mol. The zero-order valence-electron chi connectivity index (χ0n) is 12.0. The van der Waals surface area contributed by atoms with Crippen LogP contribution in [0.1, 0.15) is 34.6 Å². The third-order valence-electron chi connectivity index (χ3n) is 3.20. The topological polar surface area (TPSA) is 38.3 Å². The van der Waals surface area contributed by atoms with Gasteiger partial charge in [-0.05, 0) is 35.1 Å². The molecule has 3 nitrogen and oxygen atoms in total. The Morgan fingerprint density at radius 3 is 2.55 bits per heavy atom. The van der Waals surface area contributed by atoms with Crippen molar-refractivity contribution < 1.29 is 9.53 Å². The third-order valence-corrected chi connectivity index (χ3v) is 4.33. The molecule has 4 heteroatoms. The van der Waals surface area contributed by atoms with E-state index in [-0.39, 0.29) is 5.78 Å². The van der Waals surface area contributed by atoms with Gasteiger partial charge in [0, 0.05) is 13.5 Å². The minimum absolute atomic E-state index is 0.118. The van der Waals surface area contributed by atoms with E-state index in [9.17, 15) is 4.79 Å². The highest BCUT2D eigenvalue weighted by atomic mass is 32.1. The predicted octanol–water partition coefficient (Wildman–Crippen LogP) is 4.13. The Balaban J connectivity index is 2.13. The first-order valence-corrected chi connectivity index (χ1v) is 7.51. The lowest BCUT2D eigenvalue weighted by atomic mass is 10.1. The zero-order chi connectivity index (χ0) is 14.5. The fraction of sp³-hybridized carbons (Fsp3) is 0.312. The van der Waals surface area contributed by atoms with Gasteiger partial charge in [0.2, 0.25) is 0 Å². The molecule has 2 aromatic rings. The molecule has 0 aliphatic carbocycles. The number of anilines is 1. The number of aryl methyl sites for hydroxylation is 1. The van der Waals surface area contributed by atoms with Gasteiger partial charge in [0.25, 0.3) is 0 Å². The van der Waals surface area contributed by atoms with Crippen molar-refractivity contribution >= 4 is 22.8 Å². The van der Waals surface area contributed by atoms with Gasteiger partial charge in [0.15, 0.2) is 5.78 Å². The van der Waals surface area contributed by atoms with Gasteiger partial charge in [0.05, 0.1) is 17.7 Å². The van der Waals surface area contributed by atoms with Gasteiger partial charge in [-0.1, -0.05) is 19.1 Å². The van der Waals surface area contributed by atoms with E-state index in [2.05, 4.69) is 17.6 Å². The molecule has 0 fully saturated rings. The molecule has 1 heterocycles. The van der Waals surface area contributed by atoms with Crippen LogP contribution in [0.5, 0.6) is 5.75 Å². The van der Waals surface area contributed by atoms with Crippen molar-refractivity contribution in [2.75, 3.05) is 12.4 Å². The second-order valence-electron chi connectivity index (χ2n) is 4.58. The first-order valence-electron chi connectivity index (χ1n) is 6.63. The Hall–Kier alpha value is -1.81. The Morgan fingerprint density at radius 1 is 1.30 bits per heavy atom. The zero-order valence-corrected chi connectivity index (χ0v) is 12.8. The van der Waals surface area contributed by atoms with Crippen LogP contribution in [-0.2, 0) is 13.0 Å². The lowest BCUT2D eigenvalue weighted by molar-refractivity contribution is 0.102. The number of benzene rings is 1. The molecule has 2 rings (SSSR count). The number of carbonyl (C=O) groups is 1. The summed E-state index contributed by atoms with van der Waals surface area (Å²) >= 11 is 1.52. The van der Waals surface area contributed by atoms with Gasteiger partial charge >= 0.3 is 0 Å². The van der Waals surface area contributed by atoms with Gasteiger partial charge in [-0.15, -0.1) is 11.3 Å². The second-order valence-corrected chi connectivity index (χ2v) is 5.46. The number of methoxy groups -OCH3 is 1. The summed E-state index contributed by atoms with van der Waals surface area (Å²) in [5, 5.41) is 5.46. The molecule has 0 aliphatic heterocycles. The summed E-state index contributed by atoms with van der Waals surface area (Å²) in [4.78, 5) is 12.5. The predicted molar refractivity (Wildman–Crippen MR) is 84.0 cm³/mol. The maximum Gasteiger partial charge on any atom is 0.171 e. The smallest absolute Gasteiger partial charge is 0.171 e. The van der Waals surface area contributed by atoms with Gasteiger partial charge in [-0.3, -0.25) is 4.79 Å². The van der Waals surface area contributed by atoms with Crippen molar-refractivity contribution in [2.45, 2.75) is 26.8 Å². The standard InChI is InChI=1S/C16H19NO2S/c1-4-13-10-20-16(11(2)18)15(13)17-9-12-5-7-14(19-3)8-6-12/h5-8,10,17H,4,9H2,1-3H3. The van der Waals surface area contributed by atoms with Crippen molar-refractivity contribution in [3.05, 3.63) is 45.6 Å². The van der Waals surface area contributed by atoms with E-state index in [0.29, 0.717) is 6.54 Å². The Morgan fingerprint density at radius 2 is 2.00 bits per heavy atom. The molecule has 0 saturated heterocycles. The van der Waals surface area contributed by atoms with E-state index in [1.54, 1.807) is 14.0 Å². The molecule has 0 amide bonds. The summed E-state index contributed by atoms with van der Waals surface area (Å²) in [5.41, 5.74) is 3.35. The monoisotopic (exact) mass is 289 g/mol. The number of carbonyl (C=O) groups excluding carboxylic acids is 1. The molecule has 0 bridgehead atoms. The van der Waals surface area contributed by atoms with Crippen molar-refractivity contribution in [1.82, 2.24) is 0 Å². The molecular weight excluding hydrogens is 270 g/mol. The number of ketones is 1. The van der Waals surface area contributed by atoms with E-state index in [1.165, 1.54) is 16.9 Å². The van der Waals surface area contributed by atoms with Gasteiger partial charge in [-0.2, -0.15) is 0 Å². The number of thiophene rings is 1. The summed E-state index contributed by atoms with van der Waals surface area (Å²) in [5.74, 6) is 0.967. The Bertz CT molecular complexity index is 587. The number of ether oxygens (including phenoxy) is 1. The van der Waals surface area contributed by atoms with Crippen molar-refractivity contribution in [3.63, 3.8) is 0 Å². The highest BCUT2D eigenvalue weighted by Gasteiger charge is 2.13. The number of hydrogen-bond donors (Lipinski definition) is 1. The molecule has 0 radical (unpaired) electrons. The lowest BCUT2D eigenvalue weighted by Crippen LogP contribution is -2.04. The summed E-state index contributed by atoms with van der Waals surface area (Å²) in [6, 6.07) is 7.93. The Kier molecular flexibility index (Phi) is 4.79. The van der Waals surface area contributed by atoms with Crippen LogP contribution in [0.4, 0.5) is 5.69 Å². The largest absolute Gasteiger partial charge is 0.497 e. The SMILES string of the molecule is CCc1csc(C(C)=O)c1NCc1ccc(OC)cc1. The molecule has 20 heavy (non-hydrogen) atoms. The quantitative estimate of drug-likeness (QED) is 0.812. The van der Waals surface area contributed by atoms with Crippen molar-refractivity contribution in [2.24, 2.45) is 0 Å². The molecule has 0 saturated carbocycles. The normalized spacial score (nSPS) is 10.3. The Labute approximate surface area is 123 Å². The van der Waals surface area contributed by atoms with Crippen LogP contribution in [0.2, 0.25) is 0 Å². The molecule has 1 aromatic carbocycles. The van der Waals surface area contributed by atoms with E-state index in [0.717, 1.165) is 28.3 Å². The molecule has 0 unspecified atom stereocenters. The van der Waals surface area contributed by atoms with Gasteiger partial charge in [0.1, 0.15) is 5.75 Å². The molecule has 1 aromatic heterocycles. The number of hydrogen-bond acceptors (Lipinski definition) is 4. The van der Waals surface area contributed by atoms with Crippen LogP contribution in [0.15, 0.2) is 29.6 Å². The highest BCUT2D eigenvalue weighted by molar-refractivity contribution is 7.12. The number of nitrogens with one attached hydrogen (secondary N) is 1. The molecule has 0 aliphatic rings. The highest BCUT2D eigenvalue weighted by Crippen LogP contribution is 2.29. The van der Waals surface area contributed by atoms with Gasteiger partial charge < -0.3 is 10.1 Å². The van der Waals surface area contributed by atoms with Crippen LogP contribution in [-0.4, -0.2) is 12.9 Å². The fourth-order valence-corrected chi connectivity index (χ4v) is 3.07. The first kappa shape index (κ1) is 14.6.